The van der Waals surface area contributed by atoms with E-state index in [2.05, 4.69) is 15.3 Å². The molecule has 2 aliphatic rings. The Bertz CT molecular complexity index is 999. The number of ether oxygens (including phenoxy) is 2. The third-order valence-electron chi connectivity index (χ3n) is 5.35. The van der Waals surface area contributed by atoms with Crippen molar-refractivity contribution in [2.24, 2.45) is 5.92 Å². The summed E-state index contributed by atoms with van der Waals surface area (Å²) in [5.41, 5.74) is 1.61. The predicted octanol–water partition coefficient (Wildman–Crippen LogP) is 2.53. The molecule has 1 aromatic carbocycles. The minimum atomic E-state index is -0.204. The Labute approximate surface area is 173 Å². The van der Waals surface area contributed by atoms with Crippen LogP contribution in [0.1, 0.15) is 52.9 Å². The Morgan fingerprint density at radius 3 is 2.73 bits per heavy atom. The molecule has 0 aliphatic carbocycles. The number of likely N-dealkylation sites (tertiary alicyclic amines) is 1. The van der Waals surface area contributed by atoms with Crippen molar-refractivity contribution in [3.8, 4) is 11.5 Å². The number of piperidine rings is 1. The molecule has 0 spiro atoms. The SMILES string of the molecule is CC(=O)c1cc2c(cc1NC(=O)CC1CCCN(C(=O)c3ncc(C)[nH]3)C1)OCO2. The van der Waals surface area contributed by atoms with Gasteiger partial charge in [-0.05, 0) is 38.7 Å². The van der Waals surface area contributed by atoms with Gasteiger partial charge in [0.05, 0.1) is 5.69 Å². The fraction of sp³-hybridized carbons (Fsp3) is 0.429. The lowest BCUT2D eigenvalue weighted by atomic mass is 9.94. The van der Waals surface area contributed by atoms with Gasteiger partial charge in [-0.3, -0.25) is 14.4 Å². The molecule has 2 aliphatic heterocycles. The average molecular weight is 412 g/mol. The van der Waals surface area contributed by atoms with E-state index in [9.17, 15) is 14.4 Å². The van der Waals surface area contributed by atoms with Gasteiger partial charge >= 0.3 is 0 Å². The highest BCUT2D eigenvalue weighted by atomic mass is 16.7. The molecule has 1 unspecified atom stereocenters. The second-order valence-corrected chi connectivity index (χ2v) is 7.73. The second kappa shape index (κ2) is 8.17. The van der Waals surface area contributed by atoms with Gasteiger partial charge < -0.3 is 24.7 Å². The highest BCUT2D eigenvalue weighted by Crippen LogP contribution is 2.37. The molecule has 2 N–H and O–H groups in total. The molecule has 0 saturated carbocycles. The quantitative estimate of drug-likeness (QED) is 0.730. The van der Waals surface area contributed by atoms with Gasteiger partial charge in [0.25, 0.3) is 5.91 Å². The lowest BCUT2D eigenvalue weighted by Crippen LogP contribution is -2.41. The van der Waals surface area contributed by atoms with Gasteiger partial charge in [0.1, 0.15) is 0 Å². The molecule has 3 heterocycles. The number of rotatable bonds is 5. The number of hydrogen-bond donors (Lipinski definition) is 2. The number of fused-ring (bicyclic) bond motifs is 1. The zero-order valence-electron chi connectivity index (χ0n) is 17.0. The first-order chi connectivity index (χ1) is 14.4. The molecule has 2 amide bonds. The molecular weight excluding hydrogens is 388 g/mol. The van der Waals surface area contributed by atoms with Crippen molar-refractivity contribution in [2.75, 3.05) is 25.2 Å². The minimum absolute atomic E-state index is 0.0357. The van der Waals surface area contributed by atoms with Crippen LogP contribution in [-0.4, -0.2) is 52.3 Å². The number of carbonyl (C=O) groups is 3. The predicted molar refractivity (Wildman–Crippen MR) is 108 cm³/mol. The smallest absolute Gasteiger partial charge is 0.289 e. The van der Waals surface area contributed by atoms with Gasteiger partial charge in [-0.25, -0.2) is 4.98 Å². The zero-order valence-corrected chi connectivity index (χ0v) is 17.0. The van der Waals surface area contributed by atoms with E-state index in [0.29, 0.717) is 41.7 Å². The van der Waals surface area contributed by atoms with Crippen molar-refractivity contribution < 1.29 is 23.9 Å². The van der Waals surface area contributed by atoms with Crippen molar-refractivity contribution in [2.45, 2.75) is 33.1 Å². The summed E-state index contributed by atoms with van der Waals surface area (Å²) in [5.74, 6) is 0.822. The normalized spacial score (nSPS) is 17.7. The summed E-state index contributed by atoms with van der Waals surface area (Å²) in [6, 6.07) is 3.21. The summed E-state index contributed by atoms with van der Waals surface area (Å²) < 4.78 is 10.7. The summed E-state index contributed by atoms with van der Waals surface area (Å²) in [6.45, 7) is 4.51. The number of aromatic amines is 1. The van der Waals surface area contributed by atoms with Crippen molar-refractivity contribution in [3.05, 3.63) is 35.4 Å². The number of amides is 2. The van der Waals surface area contributed by atoms with E-state index in [1.807, 2.05) is 6.92 Å². The van der Waals surface area contributed by atoms with Crippen LogP contribution < -0.4 is 14.8 Å². The number of aromatic nitrogens is 2. The van der Waals surface area contributed by atoms with E-state index in [1.165, 1.54) is 6.92 Å². The van der Waals surface area contributed by atoms with E-state index < -0.39 is 0 Å². The number of nitrogens with zero attached hydrogens (tertiary/aromatic N) is 2. The second-order valence-electron chi connectivity index (χ2n) is 7.73. The number of aryl methyl sites for hydroxylation is 1. The maximum absolute atomic E-state index is 12.7. The summed E-state index contributed by atoms with van der Waals surface area (Å²) in [6.07, 6.45) is 3.56. The number of ketones is 1. The number of benzene rings is 1. The highest BCUT2D eigenvalue weighted by Gasteiger charge is 2.28. The van der Waals surface area contributed by atoms with Crippen LogP contribution in [0.2, 0.25) is 0 Å². The Morgan fingerprint density at radius 1 is 1.27 bits per heavy atom. The van der Waals surface area contributed by atoms with Crippen LogP contribution in [0.3, 0.4) is 0 Å². The van der Waals surface area contributed by atoms with Gasteiger partial charge in [-0.1, -0.05) is 0 Å². The van der Waals surface area contributed by atoms with Crippen LogP contribution in [0.15, 0.2) is 18.3 Å². The topological polar surface area (TPSA) is 114 Å². The van der Waals surface area contributed by atoms with Crippen LogP contribution in [0.25, 0.3) is 0 Å². The highest BCUT2D eigenvalue weighted by molar-refractivity contribution is 6.04. The van der Waals surface area contributed by atoms with Crippen LogP contribution in [0.4, 0.5) is 5.69 Å². The summed E-state index contributed by atoms with van der Waals surface area (Å²) >= 11 is 0. The Balaban J connectivity index is 1.40. The number of nitrogens with one attached hydrogen (secondary N) is 2. The molecule has 0 bridgehead atoms. The van der Waals surface area contributed by atoms with Gasteiger partial charge in [-0.15, -0.1) is 0 Å². The molecule has 1 atom stereocenters. The standard InChI is InChI=1S/C21H24N4O5/c1-12-9-22-20(23-12)21(28)25-5-3-4-14(10-25)6-19(27)24-16-8-18-17(29-11-30-18)7-15(16)13(2)26/h7-9,14H,3-6,10-11H2,1-2H3,(H,22,23)(H,24,27). The number of hydrogen-bond acceptors (Lipinski definition) is 6. The molecule has 0 radical (unpaired) electrons. The first-order valence-electron chi connectivity index (χ1n) is 9.96. The van der Waals surface area contributed by atoms with Crippen molar-refractivity contribution >= 4 is 23.3 Å². The van der Waals surface area contributed by atoms with Gasteiger partial charge in [-0.2, -0.15) is 0 Å². The third kappa shape index (κ3) is 4.14. The third-order valence-corrected chi connectivity index (χ3v) is 5.35. The molecule has 1 fully saturated rings. The van der Waals surface area contributed by atoms with E-state index in [0.717, 1.165) is 18.5 Å². The molecule has 158 valence electrons. The van der Waals surface area contributed by atoms with E-state index in [4.69, 9.17) is 9.47 Å². The number of H-pyrrole nitrogens is 1. The van der Waals surface area contributed by atoms with Crippen LogP contribution in [0.5, 0.6) is 11.5 Å². The summed E-state index contributed by atoms with van der Waals surface area (Å²) in [7, 11) is 0. The minimum Gasteiger partial charge on any atom is -0.454 e. The lowest BCUT2D eigenvalue weighted by molar-refractivity contribution is -0.117. The van der Waals surface area contributed by atoms with Crippen molar-refractivity contribution in [1.29, 1.82) is 0 Å². The molecule has 30 heavy (non-hydrogen) atoms. The molecule has 4 rings (SSSR count). The van der Waals surface area contributed by atoms with Gasteiger partial charge in [0, 0.05) is 43.0 Å². The zero-order chi connectivity index (χ0) is 21.3. The molecular formula is C21H24N4O5. The first-order valence-corrected chi connectivity index (χ1v) is 9.96. The van der Waals surface area contributed by atoms with Crippen molar-refractivity contribution in [3.63, 3.8) is 0 Å². The number of imidazole rings is 1. The molecule has 9 heteroatoms. The lowest BCUT2D eigenvalue weighted by Gasteiger charge is -2.32. The van der Waals surface area contributed by atoms with E-state index in [1.54, 1.807) is 23.2 Å². The number of anilines is 1. The summed E-state index contributed by atoms with van der Waals surface area (Å²) in [4.78, 5) is 46.1. The van der Waals surface area contributed by atoms with Gasteiger partial charge in [0.15, 0.2) is 23.1 Å². The average Bonchev–Trinajstić information content (AvgIpc) is 3.35. The van der Waals surface area contributed by atoms with Gasteiger partial charge in [0.2, 0.25) is 12.7 Å². The fourth-order valence-corrected chi connectivity index (χ4v) is 3.89. The number of carbonyl (C=O) groups excluding carboxylic acids is 3. The molecule has 1 aromatic heterocycles. The van der Waals surface area contributed by atoms with Crippen molar-refractivity contribution in [1.82, 2.24) is 14.9 Å². The fourth-order valence-electron chi connectivity index (χ4n) is 3.89. The van der Waals surface area contributed by atoms with Crippen LogP contribution in [-0.2, 0) is 4.79 Å². The van der Waals surface area contributed by atoms with Crippen LogP contribution >= 0.6 is 0 Å². The Morgan fingerprint density at radius 2 is 2.03 bits per heavy atom. The largest absolute Gasteiger partial charge is 0.454 e. The maximum atomic E-state index is 12.7. The monoisotopic (exact) mass is 412 g/mol. The Hall–Kier alpha value is -3.36. The summed E-state index contributed by atoms with van der Waals surface area (Å²) in [5, 5.41) is 2.83. The molecule has 2 aromatic rings. The van der Waals surface area contributed by atoms with Crippen LogP contribution in [0, 0.1) is 12.8 Å². The van der Waals surface area contributed by atoms with E-state index in [-0.39, 0.29) is 36.7 Å². The van der Waals surface area contributed by atoms with E-state index >= 15 is 0 Å². The number of Topliss-reactive ketones (excluding diaryl/α,β-unsaturated/α-hetero) is 1. The Kier molecular flexibility index (Phi) is 5.43. The first kappa shape index (κ1) is 19.9. The maximum Gasteiger partial charge on any atom is 0.289 e. The molecule has 1 saturated heterocycles. The molecule has 9 nitrogen and oxygen atoms in total.